The average Bonchev–Trinajstić information content (AvgIpc) is 2.09. The fourth-order valence-corrected chi connectivity index (χ4v) is 1.59. The third kappa shape index (κ3) is 2.00. The van der Waals surface area contributed by atoms with Gasteiger partial charge in [-0.25, -0.2) is 4.39 Å². The Labute approximate surface area is 84.9 Å². The quantitative estimate of drug-likeness (QED) is 0.841. The molecule has 2 N–H and O–H groups in total. The van der Waals surface area contributed by atoms with Gasteiger partial charge in [0.25, 0.3) is 0 Å². The standard InChI is InChI=1S/C9H11BrFNO/c1-5-6(4-12-2)9(13)7(10)3-8(5)11/h3,12-13H,4H2,1-2H3. The van der Waals surface area contributed by atoms with Gasteiger partial charge in [0.2, 0.25) is 0 Å². The van der Waals surface area contributed by atoms with Crippen LogP contribution in [0.15, 0.2) is 10.5 Å². The molecule has 4 heteroatoms. The first-order chi connectivity index (χ1) is 6.07. The zero-order valence-electron chi connectivity index (χ0n) is 7.49. The molecule has 0 fully saturated rings. The van der Waals surface area contributed by atoms with Gasteiger partial charge < -0.3 is 10.4 Å². The van der Waals surface area contributed by atoms with Gasteiger partial charge in [0.15, 0.2) is 0 Å². The Morgan fingerprint density at radius 1 is 1.62 bits per heavy atom. The fraction of sp³-hybridized carbons (Fsp3) is 0.333. The van der Waals surface area contributed by atoms with E-state index in [1.165, 1.54) is 6.07 Å². The van der Waals surface area contributed by atoms with Crippen LogP contribution in [0.3, 0.4) is 0 Å². The summed E-state index contributed by atoms with van der Waals surface area (Å²) in [4.78, 5) is 0. The maximum absolute atomic E-state index is 13.2. The lowest BCUT2D eigenvalue weighted by molar-refractivity contribution is 0.458. The van der Waals surface area contributed by atoms with Gasteiger partial charge in [-0.1, -0.05) is 0 Å². The highest BCUT2D eigenvalue weighted by Crippen LogP contribution is 2.31. The first-order valence-electron chi connectivity index (χ1n) is 3.89. The first-order valence-corrected chi connectivity index (χ1v) is 4.68. The third-order valence-corrected chi connectivity index (χ3v) is 2.53. The van der Waals surface area contributed by atoms with E-state index in [4.69, 9.17) is 0 Å². The first kappa shape index (κ1) is 10.5. The average molecular weight is 248 g/mol. The summed E-state index contributed by atoms with van der Waals surface area (Å²) in [7, 11) is 1.75. The van der Waals surface area contributed by atoms with Crippen LogP contribution >= 0.6 is 15.9 Å². The largest absolute Gasteiger partial charge is 0.506 e. The highest BCUT2D eigenvalue weighted by atomic mass is 79.9. The maximum Gasteiger partial charge on any atom is 0.134 e. The molecule has 72 valence electrons. The summed E-state index contributed by atoms with van der Waals surface area (Å²) in [6.07, 6.45) is 0. The van der Waals surface area contributed by atoms with Crippen LogP contribution in [0, 0.1) is 12.7 Å². The van der Waals surface area contributed by atoms with Crippen LogP contribution in [0.1, 0.15) is 11.1 Å². The molecule has 0 atom stereocenters. The van der Waals surface area contributed by atoms with E-state index < -0.39 is 0 Å². The predicted octanol–water partition coefficient (Wildman–Crippen LogP) is 2.32. The molecule has 0 saturated carbocycles. The molecule has 0 saturated heterocycles. The van der Waals surface area contributed by atoms with Crippen LogP contribution in [-0.2, 0) is 6.54 Å². The van der Waals surface area contributed by atoms with Crippen molar-refractivity contribution in [1.29, 1.82) is 0 Å². The van der Waals surface area contributed by atoms with Crippen LogP contribution in [0.4, 0.5) is 4.39 Å². The summed E-state index contributed by atoms with van der Waals surface area (Å²) in [6.45, 7) is 2.10. The Kier molecular flexibility index (Phi) is 3.27. The number of hydrogen-bond donors (Lipinski definition) is 2. The van der Waals surface area contributed by atoms with Gasteiger partial charge in [0.05, 0.1) is 4.47 Å². The number of phenolic OH excluding ortho intramolecular Hbond substituents is 1. The summed E-state index contributed by atoms with van der Waals surface area (Å²) < 4.78 is 13.6. The topological polar surface area (TPSA) is 32.3 Å². The van der Waals surface area contributed by atoms with Gasteiger partial charge in [0, 0.05) is 12.1 Å². The molecule has 0 aromatic heterocycles. The van der Waals surface area contributed by atoms with Gasteiger partial charge in [-0.15, -0.1) is 0 Å². The van der Waals surface area contributed by atoms with E-state index in [1.807, 2.05) is 0 Å². The Hall–Kier alpha value is -0.610. The SMILES string of the molecule is CNCc1c(C)c(F)cc(Br)c1O. The van der Waals surface area contributed by atoms with Crippen molar-refractivity contribution >= 4 is 15.9 Å². The van der Waals surface area contributed by atoms with Crippen molar-refractivity contribution in [2.24, 2.45) is 0 Å². The van der Waals surface area contributed by atoms with Crippen LogP contribution in [0.2, 0.25) is 0 Å². The van der Waals surface area contributed by atoms with Crippen molar-refractivity contribution in [3.8, 4) is 5.75 Å². The molecule has 2 nitrogen and oxygen atoms in total. The van der Waals surface area contributed by atoms with Crippen molar-refractivity contribution in [3.63, 3.8) is 0 Å². The molecule has 0 heterocycles. The lowest BCUT2D eigenvalue weighted by Gasteiger charge is -2.10. The van der Waals surface area contributed by atoms with Crippen LogP contribution in [0.25, 0.3) is 0 Å². The monoisotopic (exact) mass is 247 g/mol. The number of aromatic hydroxyl groups is 1. The molecule has 1 aromatic rings. The van der Waals surface area contributed by atoms with Crippen molar-refractivity contribution in [2.75, 3.05) is 7.05 Å². The van der Waals surface area contributed by atoms with E-state index in [2.05, 4.69) is 21.2 Å². The van der Waals surface area contributed by atoms with Crippen LogP contribution in [-0.4, -0.2) is 12.2 Å². The molecule has 0 amide bonds. The van der Waals surface area contributed by atoms with Crippen molar-refractivity contribution in [3.05, 3.63) is 27.5 Å². The molecule has 0 aliphatic heterocycles. The van der Waals surface area contributed by atoms with Gasteiger partial charge in [-0.05, 0) is 41.5 Å². The minimum absolute atomic E-state index is 0.105. The molecular formula is C9H11BrFNO. The Balaban J connectivity index is 3.28. The summed E-state index contributed by atoms with van der Waals surface area (Å²) in [6, 6.07) is 1.27. The zero-order valence-corrected chi connectivity index (χ0v) is 9.07. The van der Waals surface area contributed by atoms with E-state index in [-0.39, 0.29) is 11.6 Å². The van der Waals surface area contributed by atoms with Crippen LogP contribution in [0.5, 0.6) is 5.75 Å². The smallest absolute Gasteiger partial charge is 0.134 e. The van der Waals surface area contributed by atoms with Crippen molar-refractivity contribution in [1.82, 2.24) is 5.32 Å². The van der Waals surface area contributed by atoms with Crippen molar-refractivity contribution < 1.29 is 9.50 Å². The van der Waals surface area contributed by atoms with E-state index >= 15 is 0 Å². The van der Waals surface area contributed by atoms with Gasteiger partial charge in [-0.2, -0.15) is 0 Å². The molecule has 0 spiro atoms. The predicted molar refractivity (Wildman–Crippen MR) is 53.3 cm³/mol. The van der Waals surface area contributed by atoms with Crippen LogP contribution < -0.4 is 5.32 Å². The summed E-state index contributed by atoms with van der Waals surface area (Å²) in [5, 5.41) is 12.5. The summed E-state index contributed by atoms with van der Waals surface area (Å²) >= 11 is 3.08. The molecule has 1 aromatic carbocycles. The fourth-order valence-electron chi connectivity index (χ4n) is 1.15. The van der Waals surface area contributed by atoms with E-state index in [1.54, 1.807) is 14.0 Å². The normalized spacial score (nSPS) is 10.5. The highest BCUT2D eigenvalue weighted by Gasteiger charge is 2.12. The molecular weight excluding hydrogens is 237 g/mol. The molecule has 0 radical (unpaired) electrons. The van der Waals surface area contributed by atoms with Gasteiger partial charge in [-0.3, -0.25) is 0 Å². The third-order valence-electron chi connectivity index (χ3n) is 1.93. The van der Waals surface area contributed by atoms with E-state index in [9.17, 15) is 9.50 Å². The maximum atomic E-state index is 13.2. The number of hydrogen-bond acceptors (Lipinski definition) is 2. The number of benzene rings is 1. The molecule has 0 aliphatic carbocycles. The zero-order chi connectivity index (χ0) is 10.0. The number of halogens is 2. The summed E-state index contributed by atoms with van der Waals surface area (Å²) in [5.74, 6) is -0.205. The molecule has 0 unspecified atom stereocenters. The number of nitrogens with one attached hydrogen (secondary N) is 1. The summed E-state index contributed by atoms with van der Waals surface area (Å²) in [5.41, 5.74) is 1.07. The lowest BCUT2D eigenvalue weighted by Crippen LogP contribution is -2.08. The van der Waals surface area contributed by atoms with Gasteiger partial charge in [0.1, 0.15) is 11.6 Å². The van der Waals surface area contributed by atoms with E-state index in [0.717, 1.165) is 0 Å². The Bertz CT molecular complexity index is 302. The molecule has 1 rings (SSSR count). The van der Waals surface area contributed by atoms with Gasteiger partial charge >= 0.3 is 0 Å². The minimum atomic E-state index is -0.310. The number of phenols is 1. The lowest BCUT2D eigenvalue weighted by atomic mass is 10.1. The Morgan fingerprint density at radius 2 is 2.23 bits per heavy atom. The highest BCUT2D eigenvalue weighted by molar-refractivity contribution is 9.10. The van der Waals surface area contributed by atoms with E-state index in [0.29, 0.717) is 22.1 Å². The second-order valence-electron chi connectivity index (χ2n) is 2.82. The second-order valence-corrected chi connectivity index (χ2v) is 3.68. The minimum Gasteiger partial charge on any atom is -0.506 e. The van der Waals surface area contributed by atoms with Crippen molar-refractivity contribution in [2.45, 2.75) is 13.5 Å². The second kappa shape index (κ2) is 4.07. The number of rotatable bonds is 2. The molecule has 0 bridgehead atoms. The Morgan fingerprint density at radius 3 is 2.77 bits per heavy atom. The molecule has 0 aliphatic rings. The molecule has 13 heavy (non-hydrogen) atoms.